The fourth-order valence-corrected chi connectivity index (χ4v) is 4.34. The zero-order chi connectivity index (χ0) is 15.9. The number of fused-ring (bicyclic) bond motifs is 1. The molecule has 0 spiro atoms. The normalized spacial score (nSPS) is 30.3. The van der Waals surface area contributed by atoms with E-state index in [1.54, 1.807) is 0 Å². The molecule has 0 radical (unpaired) electrons. The van der Waals surface area contributed by atoms with Gasteiger partial charge >= 0.3 is 0 Å². The van der Waals surface area contributed by atoms with Crippen LogP contribution in [0.1, 0.15) is 38.4 Å². The maximum atomic E-state index is 12.6. The Morgan fingerprint density at radius 2 is 2.09 bits per heavy atom. The highest BCUT2D eigenvalue weighted by Gasteiger charge is 2.61. The molecule has 3 rings (SSSR count). The number of hydrogen-bond acceptors (Lipinski definition) is 3. The Morgan fingerprint density at radius 3 is 2.77 bits per heavy atom. The van der Waals surface area contributed by atoms with Crippen molar-refractivity contribution in [3.05, 3.63) is 35.9 Å². The van der Waals surface area contributed by atoms with Crippen LogP contribution in [0.15, 0.2) is 30.3 Å². The lowest BCUT2D eigenvalue weighted by molar-refractivity contribution is -0.168. The number of hydrogen-bond donors (Lipinski definition) is 1. The molecule has 4 unspecified atom stereocenters. The number of rotatable bonds is 4. The summed E-state index contributed by atoms with van der Waals surface area (Å²) in [5.41, 5.74) is 0.780. The smallest absolute Gasteiger partial charge is 0.225 e. The van der Waals surface area contributed by atoms with Crippen molar-refractivity contribution in [2.24, 2.45) is 11.3 Å². The molecule has 2 fully saturated rings. The van der Waals surface area contributed by atoms with Gasteiger partial charge in [-0.05, 0) is 12.0 Å². The largest absolute Gasteiger partial charge is 0.388 e. The molecule has 120 valence electrons. The molecule has 4 atom stereocenters. The summed E-state index contributed by atoms with van der Waals surface area (Å²) in [6.07, 6.45) is 0.685. The molecule has 2 aliphatic rings. The molecular formula is C18H25NO3. The van der Waals surface area contributed by atoms with Crippen LogP contribution in [-0.4, -0.2) is 41.7 Å². The summed E-state index contributed by atoms with van der Waals surface area (Å²) in [6, 6.07) is 9.57. The lowest BCUT2D eigenvalue weighted by atomic mass is 9.56. The van der Waals surface area contributed by atoms with Crippen LogP contribution in [0, 0.1) is 11.3 Å². The number of aliphatic hydroxyl groups is 1. The molecule has 1 saturated heterocycles. The van der Waals surface area contributed by atoms with E-state index in [-0.39, 0.29) is 29.9 Å². The molecule has 0 bridgehead atoms. The molecule has 1 heterocycles. The Balaban J connectivity index is 1.65. The summed E-state index contributed by atoms with van der Waals surface area (Å²) in [6.45, 7) is 5.13. The van der Waals surface area contributed by atoms with Crippen molar-refractivity contribution in [2.75, 3.05) is 13.7 Å². The number of nitrogens with zero attached hydrogens (tertiary/aromatic N) is 1. The first kappa shape index (κ1) is 15.5. The third kappa shape index (κ3) is 2.44. The van der Waals surface area contributed by atoms with E-state index in [0.717, 1.165) is 18.6 Å². The van der Waals surface area contributed by atoms with Crippen LogP contribution in [0.5, 0.6) is 0 Å². The van der Waals surface area contributed by atoms with Crippen LogP contribution in [-0.2, 0) is 9.53 Å². The van der Waals surface area contributed by atoms with Gasteiger partial charge < -0.3 is 14.7 Å². The van der Waals surface area contributed by atoms with Crippen molar-refractivity contribution in [3.63, 3.8) is 0 Å². The van der Waals surface area contributed by atoms with Gasteiger partial charge in [-0.25, -0.2) is 0 Å². The first-order valence-corrected chi connectivity index (χ1v) is 8.03. The van der Waals surface area contributed by atoms with Crippen LogP contribution in [0.25, 0.3) is 0 Å². The van der Waals surface area contributed by atoms with Gasteiger partial charge in [0.1, 0.15) is 0 Å². The number of carbonyl (C=O) groups is 1. The average Bonchev–Trinajstić information content (AvgIpc) is 2.94. The Labute approximate surface area is 132 Å². The van der Waals surface area contributed by atoms with E-state index in [0.29, 0.717) is 5.92 Å². The molecule has 1 aliphatic heterocycles. The topological polar surface area (TPSA) is 49.8 Å². The second-order valence-electron chi connectivity index (χ2n) is 7.15. The number of benzene rings is 1. The Bertz CT molecular complexity index is 543. The second-order valence-corrected chi connectivity index (χ2v) is 7.15. The zero-order valence-corrected chi connectivity index (χ0v) is 13.5. The molecule has 1 saturated carbocycles. The minimum absolute atomic E-state index is 0.000205. The summed E-state index contributed by atoms with van der Waals surface area (Å²) in [7, 11) is 1.86. The van der Waals surface area contributed by atoms with Crippen molar-refractivity contribution in [3.8, 4) is 0 Å². The molecular weight excluding hydrogens is 278 g/mol. The molecule has 4 nitrogen and oxygen atoms in total. The van der Waals surface area contributed by atoms with Crippen LogP contribution in [0.4, 0.5) is 0 Å². The lowest BCUT2D eigenvalue weighted by Crippen LogP contribution is -2.67. The summed E-state index contributed by atoms with van der Waals surface area (Å²) in [4.78, 5) is 14.4. The zero-order valence-electron chi connectivity index (χ0n) is 13.5. The monoisotopic (exact) mass is 303 g/mol. The third-order valence-corrected chi connectivity index (χ3v) is 5.40. The summed E-state index contributed by atoms with van der Waals surface area (Å²) in [5.74, 6) is 0.442. The predicted octanol–water partition coefficient (Wildman–Crippen LogP) is 2.38. The lowest BCUT2D eigenvalue weighted by Gasteiger charge is -2.57. The Kier molecular flexibility index (Phi) is 4.00. The van der Waals surface area contributed by atoms with Gasteiger partial charge in [-0.15, -0.1) is 0 Å². The van der Waals surface area contributed by atoms with Crippen LogP contribution in [0.2, 0.25) is 0 Å². The quantitative estimate of drug-likeness (QED) is 0.929. The third-order valence-electron chi connectivity index (χ3n) is 5.40. The van der Waals surface area contributed by atoms with Gasteiger partial charge in [-0.2, -0.15) is 0 Å². The van der Waals surface area contributed by atoms with Crippen molar-refractivity contribution in [1.29, 1.82) is 0 Å². The van der Waals surface area contributed by atoms with E-state index in [4.69, 9.17) is 4.74 Å². The fraction of sp³-hybridized carbons (Fsp3) is 0.611. The molecule has 4 heteroatoms. The number of ether oxygens (including phenoxy) is 1. The molecule has 1 aromatic carbocycles. The van der Waals surface area contributed by atoms with Crippen molar-refractivity contribution in [2.45, 2.75) is 44.9 Å². The molecule has 1 aromatic rings. The molecule has 1 amide bonds. The standard InChI is InChI=1S/C18H25NO3/c1-18(2)16(13-9-10-22-17(13)18)19(3)15(21)11-14(20)12-7-5-4-6-8-12/h4-8,13-14,16-17,20H,9-11H2,1-3H3. The Hall–Kier alpha value is -1.39. The van der Waals surface area contributed by atoms with Crippen LogP contribution in [0.3, 0.4) is 0 Å². The molecule has 1 aliphatic carbocycles. The minimum Gasteiger partial charge on any atom is -0.388 e. The van der Waals surface area contributed by atoms with E-state index >= 15 is 0 Å². The maximum absolute atomic E-state index is 12.6. The average molecular weight is 303 g/mol. The van der Waals surface area contributed by atoms with Crippen molar-refractivity contribution < 1.29 is 14.6 Å². The number of carbonyl (C=O) groups excluding carboxylic acids is 1. The summed E-state index contributed by atoms with van der Waals surface area (Å²) in [5, 5.41) is 10.3. The van der Waals surface area contributed by atoms with Gasteiger partial charge in [0.15, 0.2) is 0 Å². The van der Waals surface area contributed by atoms with Crippen molar-refractivity contribution in [1.82, 2.24) is 4.90 Å². The van der Waals surface area contributed by atoms with Gasteiger partial charge in [0.25, 0.3) is 0 Å². The first-order chi connectivity index (χ1) is 10.4. The second kappa shape index (κ2) is 5.67. The van der Waals surface area contributed by atoms with E-state index in [1.807, 2.05) is 42.3 Å². The van der Waals surface area contributed by atoms with Gasteiger partial charge in [0.05, 0.1) is 18.6 Å². The number of aliphatic hydroxyl groups excluding tert-OH is 1. The highest BCUT2D eigenvalue weighted by atomic mass is 16.5. The van der Waals surface area contributed by atoms with Gasteiger partial charge in [0, 0.05) is 31.0 Å². The molecule has 22 heavy (non-hydrogen) atoms. The molecule has 1 N–H and O–H groups in total. The highest BCUT2D eigenvalue weighted by Crippen LogP contribution is 2.54. The number of amides is 1. The summed E-state index contributed by atoms with van der Waals surface area (Å²) >= 11 is 0. The van der Waals surface area contributed by atoms with E-state index in [1.165, 1.54) is 0 Å². The SMILES string of the molecule is CN(C(=O)CC(O)c1ccccc1)C1C2CCOC2C1(C)C. The minimum atomic E-state index is -0.741. The van der Waals surface area contributed by atoms with Gasteiger partial charge in [0.2, 0.25) is 5.91 Å². The summed E-state index contributed by atoms with van der Waals surface area (Å²) < 4.78 is 5.79. The fourth-order valence-electron chi connectivity index (χ4n) is 4.34. The van der Waals surface area contributed by atoms with Gasteiger partial charge in [-0.3, -0.25) is 4.79 Å². The van der Waals surface area contributed by atoms with Crippen molar-refractivity contribution >= 4 is 5.91 Å². The Morgan fingerprint density at radius 1 is 1.41 bits per heavy atom. The maximum Gasteiger partial charge on any atom is 0.225 e. The van der Waals surface area contributed by atoms with Crippen LogP contribution >= 0.6 is 0 Å². The van der Waals surface area contributed by atoms with E-state index in [9.17, 15) is 9.90 Å². The van der Waals surface area contributed by atoms with E-state index in [2.05, 4.69) is 13.8 Å². The highest BCUT2D eigenvalue weighted by molar-refractivity contribution is 5.77. The first-order valence-electron chi connectivity index (χ1n) is 8.03. The van der Waals surface area contributed by atoms with Crippen LogP contribution < -0.4 is 0 Å². The molecule has 0 aromatic heterocycles. The van der Waals surface area contributed by atoms with E-state index < -0.39 is 6.10 Å². The van der Waals surface area contributed by atoms with Gasteiger partial charge in [-0.1, -0.05) is 44.2 Å². The predicted molar refractivity (Wildman–Crippen MR) is 84.2 cm³/mol.